The highest BCUT2D eigenvalue weighted by atomic mass is 16.5. The van der Waals surface area contributed by atoms with Gasteiger partial charge in [-0.15, -0.1) is 0 Å². The van der Waals surface area contributed by atoms with Crippen LogP contribution < -0.4 is 10.5 Å². The average Bonchev–Trinajstić information content (AvgIpc) is 2.88. The fourth-order valence-corrected chi connectivity index (χ4v) is 2.19. The molecule has 0 radical (unpaired) electrons. The molecule has 0 saturated heterocycles. The van der Waals surface area contributed by atoms with Crippen LogP contribution in [0.25, 0.3) is 0 Å². The van der Waals surface area contributed by atoms with Crippen molar-refractivity contribution in [3.8, 4) is 5.75 Å². The lowest BCUT2D eigenvalue weighted by Gasteiger charge is -2.17. The smallest absolute Gasteiger partial charge is 0.124 e. The highest BCUT2D eigenvalue weighted by molar-refractivity contribution is 5.39. The van der Waals surface area contributed by atoms with Crippen molar-refractivity contribution in [2.45, 2.75) is 32.9 Å². The number of rotatable bonds is 6. The van der Waals surface area contributed by atoms with E-state index in [1.165, 1.54) is 0 Å². The van der Waals surface area contributed by atoms with Gasteiger partial charge in [0.05, 0.1) is 18.3 Å². The Labute approximate surface area is 114 Å². The minimum Gasteiger partial charge on any atom is -0.494 e. The molecule has 0 aliphatic carbocycles. The van der Waals surface area contributed by atoms with Crippen LogP contribution in [0.5, 0.6) is 5.75 Å². The van der Waals surface area contributed by atoms with E-state index in [2.05, 4.69) is 12.0 Å². The Morgan fingerprint density at radius 1 is 1.26 bits per heavy atom. The van der Waals surface area contributed by atoms with Crippen LogP contribution in [0.15, 0.2) is 36.5 Å². The summed E-state index contributed by atoms with van der Waals surface area (Å²) < 4.78 is 7.61. The summed E-state index contributed by atoms with van der Waals surface area (Å²) in [4.78, 5) is 0. The minimum absolute atomic E-state index is 0.211. The quantitative estimate of drug-likeness (QED) is 0.867. The fraction of sp³-hybridized carbons (Fsp3) is 0.400. The zero-order valence-electron chi connectivity index (χ0n) is 11.5. The van der Waals surface area contributed by atoms with Crippen molar-refractivity contribution in [1.29, 1.82) is 0 Å². The number of aryl methyl sites for hydroxylation is 1. The summed E-state index contributed by atoms with van der Waals surface area (Å²) in [5.41, 5.74) is 8.41. The molecular formula is C15H21N3O. The lowest BCUT2D eigenvalue weighted by molar-refractivity contribution is 0.335. The Morgan fingerprint density at radius 3 is 2.79 bits per heavy atom. The molecule has 0 aliphatic rings. The van der Waals surface area contributed by atoms with Crippen molar-refractivity contribution in [3.05, 3.63) is 47.8 Å². The molecule has 2 N–H and O–H groups in total. The summed E-state index contributed by atoms with van der Waals surface area (Å²) in [7, 11) is 0. The van der Waals surface area contributed by atoms with Crippen LogP contribution >= 0.6 is 0 Å². The number of hydrogen-bond acceptors (Lipinski definition) is 3. The summed E-state index contributed by atoms with van der Waals surface area (Å²) in [5.74, 6) is 0.849. The summed E-state index contributed by atoms with van der Waals surface area (Å²) in [6.07, 6.45) is 2.84. The van der Waals surface area contributed by atoms with E-state index in [1.54, 1.807) is 6.20 Å². The molecule has 102 valence electrons. The van der Waals surface area contributed by atoms with Gasteiger partial charge in [-0.3, -0.25) is 4.68 Å². The van der Waals surface area contributed by atoms with E-state index in [9.17, 15) is 0 Å². The third-order valence-corrected chi connectivity index (χ3v) is 3.06. The Morgan fingerprint density at radius 2 is 2.05 bits per heavy atom. The van der Waals surface area contributed by atoms with Crippen molar-refractivity contribution < 1.29 is 4.74 Å². The minimum atomic E-state index is -0.211. The molecule has 2 aromatic rings. The molecule has 0 amide bonds. The summed E-state index contributed by atoms with van der Waals surface area (Å²) >= 11 is 0. The Bertz CT molecular complexity index is 522. The first-order chi connectivity index (χ1) is 9.27. The third kappa shape index (κ3) is 2.96. The van der Waals surface area contributed by atoms with E-state index in [0.717, 1.165) is 30.0 Å². The number of aromatic nitrogens is 2. The molecule has 2 rings (SSSR count). The maximum absolute atomic E-state index is 6.38. The first-order valence-corrected chi connectivity index (χ1v) is 6.77. The van der Waals surface area contributed by atoms with Crippen LogP contribution in [0.1, 0.15) is 37.6 Å². The summed E-state index contributed by atoms with van der Waals surface area (Å²) in [5, 5.41) is 4.32. The van der Waals surface area contributed by atoms with Crippen molar-refractivity contribution in [2.24, 2.45) is 5.73 Å². The highest BCUT2D eigenvalue weighted by Gasteiger charge is 2.17. The Balaban J connectivity index is 2.32. The number of benzene rings is 1. The SMILES string of the molecule is CCCn1nccc1C(N)c1ccccc1OCC. The second-order valence-corrected chi connectivity index (χ2v) is 4.43. The first kappa shape index (κ1) is 13.6. The molecule has 19 heavy (non-hydrogen) atoms. The molecule has 0 aliphatic heterocycles. The highest BCUT2D eigenvalue weighted by Crippen LogP contribution is 2.28. The molecule has 1 heterocycles. The van der Waals surface area contributed by atoms with Crippen molar-refractivity contribution >= 4 is 0 Å². The zero-order valence-corrected chi connectivity index (χ0v) is 11.5. The monoisotopic (exact) mass is 259 g/mol. The number of hydrogen-bond donors (Lipinski definition) is 1. The van der Waals surface area contributed by atoms with Gasteiger partial charge >= 0.3 is 0 Å². The maximum Gasteiger partial charge on any atom is 0.124 e. The molecule has 0 saturated carbocycles. The second-order valence-electron chi connectivity index (χ2n) is 4.43. The second kappa shape index (κ2) is 6.38. The summed E-state index contributed by atoms with van der Waals surface area (Å²) in [6, 6.07) is 9.68. The molecule has 1 aromatic heterocycles. The number of nitrogens with zero attached hydrogens (tertiary/aromatic N) is 2. The van der Waals surface area contributed by atoms with Crippen LogP contribution in [-0.2, 0) is 6.54 Å². The van der Waals surface area contributed by atoms with Gasteiger partial charge in [-0.1, -0.05) is 25.1 Å². The van der Waals surface area contributed by atoms with Crippen molar-refractivity contribution in [1.82, 2.24) is 9.78 Å². The normalized spacial score (nSPS) is 12.4. The third-order valence-electron chi connectivity index (χ3n) is 3.06. The van der Waals surface area contributed by atoms with Gasteiger partial charge < -0.3 is 10.5 Å². The van der Waals surface area contributed by atoms with Crippen LogP contribution in [0.2, 0.25) is 0 Å². The van der Waals surface area contributed by atoms with E-state index in [0.29, 0.717) is 6.61 Å². The van der Waals surface area contributed by atoms with E-state index in [4.69, 9.17) is 10.5 Å². The standard InChI is InChI=1S/C15H21N3O/c1-3-11-18-13(9-10-17-18)15(16)12-7-5-6-8-14(12)19-4-2/h5-10,15H,3-4,11,16H2,1-2H3. The molecule has 0 spiro atoms. The van der Waals surface area contributed by atoms with Crippen LogP contribution in [0.4, 0.5) is 0 Å². The largest absolute Gasteiger partial charge is 0.494 e. The molecular weight excluding hydrogens is 238 g/mol. The number of ether oxygens (including phenoxy) is 1. The Kier molecular flexibility index (Phi) is 4.58. The predicted octanol–water partition coefficient (Wildman–Crippen LogP) is 2.74. The van der Waals surface area contributed by atoms with E-state index >= 15 is 0 Å². The van der Waals surface area contributed by atoms with Crippen LogP contribution in [0.3, 0.4) is 0 Å². The van der Waals surface area contributed by atoms with Crippen LogP contribution in [0, 0.1) is 0 Å². The van der Waals surface area contributed by atoms with Crippen molar-refractivity contribution in [2.75, 3.05) is 6.61 Å². The molecule has 1 atom stereocenters. The fourth-order valence-electron chi connectivity index (χ4n) is 2.19. The van der Waals surface area contributed by atoms with Gasteiger partial charge in [-0.25, -0.2) is 0 Å². The van der Waals surface area contributed by atoms with Gasteiger partial charge in [0.1, 0.15) is 5.75 Å². The van der Waals surface area contributed by atoms with Gasteiger partial charge in [0, 0.05) is 18.3 Å². The Hall–Kier alpha value is -1.81. The predicted molar refractivity (Wildman–Crippen MR) is 76.2 cm³/mol. The van der Waals surface area contributed by atoms with Crippen molar-refractivity contribution in [3.63, 3.8) is 0 Å². The summed E-state index contributed by atoms with van der Waals surface area (Å²) in [6.45, 7) is 5.62. The average molecular weight is 259 g/mol. The molecule has 1 unspecified atom stereocenters. The van der Waals surface area contributed by atoms with Gasteiger partial charge in [0.25, 0.3) is 0 Å². The van der Waals surface area contributed by atoms with Crippen LogP contribution in [-0.4, -0.2) is 16.4 Å². The van der Waals surface area contributed by atoms with Gasteiger partial charge in [-0.05, 0) is 25.5 Å². The zero-order chi connectivity index (χ0) is 13.7. The molecule has 4 heteroatoms. The molecule has 0 bridgehead atoms. The van der Waals surface area contributed by atoms with E-state index in [1.807, 2.05) is 41.9 Å². The van der Waals surface area contributed by atoms with Gasteiger partial charge in [-0.2, -0.15) is 5.10 Å². The lowest BCUT2D eigenvalue weighted by Crippen LogP contribution is -2.18. The van der Waals surface area contributed by atoms with Gasteiger partial charge in [0.15, 0.2) is 0 Å². The number of para-hydroxylation sites is 1. The molecule has 1 aromatic carbocycles. The topological polar surface area (TPSA) is 53.1 Å². The van der Waals surface area contributed by atoms with E-state index in [-0.39, 0.29) is 6.04 Å². The van der Waals surface area contributed by atoms with Gasteiger partial charge in [0.2, 0.25) is 0 Å². The lowest BCUT2D eigenvalue weighted by atomic mass is 10.0. The number of nitrogens with two attached hydrogens (primary N) is 1. The first-order valence-electron chi connectivity index (χ1n) is 6.77. The van der Waals surface area contributed by atoms with E-state index < -0.39 is 0 Å². The molecule has 4 nitrogen and oxygen atoms in total. The maximum atomic E-state index is 6.38. The molecule has 0 fully saturated rings.